The summed E-state index contributed by atoms with van der Waals surface area (Å²) in [4.78, 5) is 12.5. The standard InChI is InChI=1S/C26H20BrFN2O2/c1-2-4-20-13-19(9-12-25(20)32-17-18-7-10-23(28)11-8-18)14-21(16-29)26(31)30-24-6-3-5-22(27)15-24/h2-3,5-15H,1,4,17H2,(H,30,31)/b21-14-. The van der Waals surface area contributed by atoms with E-state index in [0.29, 0.717) is 23.4 Å². The van der Waals surface area contributed by atoms with Gasteiger partial charge >= 0.3 is 0 Å². The van der Waals surface area contributed by atoms with Crippen LogP contribution >= 0.6 is 15.9 Å². The predicted molar refractivity (Wildman–Crippen MR) is 127 cm³/mol. The number of rotatable bonds is 8. The molecule has 0 radical (unpaired) electrons. The van der Waals surface area contributed by atoms with Crippen molar-refractivity contribution in [3.05, 3.63) is 112 Å². The van der Waals surface area contributed by atoms with Gasteiger partial charge in [-0.25, -0.2) is 4.39 Å². The van der Waals surface area contributed by atoms with Crippen molar-refractivity contribution in [1.29, 1.82) is 5.26 Å². The van der Waals surface area contributed by atoms with Crippen molar-refractivity contribution < 1.29 is 13.9 Å². The van der Waals surface area contributed by atoms with E-state index in [9.17, 15) is 14.4 Å². The van der Waals surface area contributed by atoms with E-state index in [4.69, 9.17) is 4.74 Å². The summed E-state index contributed by atoms with van der Waals surface area (Å²) >= 11 is 3.35. The zero-order chi connectivity index (χ0) is 22.9. The van der Waals surface area contributed by atoms with Gasteiger partial charge in [0, 0.05) is 10.2 Å². The zero-order valence-electron chi connectivity index (χ0n) is 17.1. The number of nitrogens with one attached hydrogen (secondary N) is 1. The van der Waals surface area contributed by atoms with Crippen molar-refractivity contribution >= 4 is 33.6 Å². The summed E-state index contributed by atoms with van der Waals surface area (Å²) in [7, 11) is 0. The van der Waals surface area contributed by atoms with E-state index in [1.54, 1.807) is 48.5 Å². The molecule has 0 fully saturated rings. The molecule has 3 aromatic carbocycles. The second kappa shape index (κ2) is 11.1. The average molecular weight is 491 g/mol. The van der Waals surface area contributed by atoms with Crippen molar-refractivity contribution in [1.82, 2.24) is 0 Å². The van der Waals surface area contributed by atoms with Crippen LogP contribution in [0.1, 0.15) is 16.7 Å². The molecule has 0 spiro atoms. The molecule has 0 bridgehead atoms. The lowest BCUT2D eigenvalue weighted by molar-refractivity contribution is -0.112. The first kappa shape index (κ1) is 23.0. The van der Waals surface area contributed by atoms with Gasteiger partial charge in [0.1, 0.15) is 29.8 Å². The number of nitrogens with zero attached hydrogens (tertiary/aromatic N) is 1. The van der Waals surface area contributed by atoms with Crippen molar-refractivity contribution in [2.24, 2.45) is 0 Å². The first-order valence-electron chi connectivity index (χ1n) is 9.78. The Balaban J connectivity index is 1.78. The summed E-state index contributed by atoms with van der Waals surface area (Å²) in [5.41, 5.74) is 2.96. The van der Waals surface area contributed by atoms with Crippen LogP contribution in [0.2, 0.25) is 0 Å². The number of carbonyl (C=O) groups excluding carboxylic acids is 1. The molecule has 4 nitrogen and oxygen atoms in total. The number of ether oxygens (including phenoxy) is 1. The monoisotopic (exact) mass is 490 g/mol. The highest BCUT2D eigenvalue weighted by molar-refractivity contribution is 9.10. The van der Waals surface area contributed by atoms with Gasteiger partial charge in [-0.05, 0) is 71.7 Å². The zero-order valence-corrected chi connectivity index (χ0v) is 18.7. The molecule has 6 heteroatoms. The number of carbonyl (C=O) groups is 1. The SMILES string of the molecule is C=CCc1cc(/C=C(/C#N)C(=O)Nc2cccc(Br)c2)ccc1OCc1ccc(F)cc1. The van der Waals surface area contributed by atoms with Crippen LogP contribution in [-0.2, 0) is 17.8 Å². The van der Waals surface area contributed by atoms with Crippen LogP contribution in [0.5, 0.6) is 5.75 Å². The molecule has 1 amide bonds. The Kier molecular flexibility index (Phi) is 7.96. The Labute approximate surface area is 194 Å². The van der Waals surface area contributed by atoms with Crippen LogP contribution in [-0.4, -0.2) is 5.91 Å². The highest BCUT2D eigenvalue weighted by Gasteiger charge is 2.11. The smallest absolute Gasteiger partial charge is 0.266 e. The Bertz CT molecular complexity index is 1200. The van der Waals surface area contributed by atoms with Gasteiger partial charge in [0.15, 0.2) is 0 Å². The molecule has 0 unspecified atom stereocenters. The molecule has 3 aromatic rings. The van der Waals surface area contributed by atoms with E-state index in [1.165, 1.54) is 18.2 Å². The number of hydrogen-bond acceptors (Lipinski definition) is 3. The summed E-state index contributed by atoms with van der Waals surface area (Å²) in [5, 5.41) is 12.2. The van der Waals surface area contributed by atoms with Crippen molar-refractivity contribution in [3.8, 4) is 11.8 Å². The molecule has 160 valence electrons. The van der Waals surface area contributed by atoms with E-state index < -0.39 is 5.91 Å². The van der Waals surface area contributed by atoms with Gasteiger partial charge < -0.3 is 10.1 Å². The predicted octanol–water partition coefficient (Wildman–Crippen LogP) is 6.44. The summed E-state index contributed by atoms with van der Waals surface area (Å²) in [6, 6.07) is 20.6. The first-order valence-corrected chi connectivity index (χ1v) is 10.6. The first-order chi connectivity index (χ1) is 15.5. The molecular formula is C26H20BrFN2O2. The summed E-state index contributed by atoms with van der Waals surface area (Å²) < 4.78 is 19.8. The number of allylic oxidation sites excluding steroid dienone is 1. The number of benzene rings is 3. The summed E-state index contributed by atoms with van der Waals surface area (Å²) in [6.45, 7) is 4.07. The van der Waals surface area contributed by atoms with E-state index >= 15 is 0 Å². The van der Waals surface area contributed by atoms with E-state index in [1.807, 2.05) is 18.2 Å². The van der Waals surface area contributed by atoms with Crippen molar-refractivity contribution in [2.45, 2.75) is 13.0 Å². The van der Waals surface area contributed by atoms with E-state index in [0.717, 1.165) is 15.6 Å². The molecule has 0 aromatic heterocycles. The van der Waals surface area contributed by atoms with E-state index in [2.05, 4.69) is 27.8 Å². The Morgan fingerprint density at radius 2 is 1.94 bits per heavy atom. The van der Waals surface area contributed by atoms with Crippen LogP contribution in [0, 0.1) is 17.1 Å². The summed E-state index contributed by atoms with van der Waals surface area (Å²) in [5.74, 6) is -0.134. The fourth-order valence-electron chi connectivity index (χ4n) is 2.97. The third-order valence-electron chi connectivity index (χ3n) is 4.51. The third kappa shape index (κ3) is 6.40. The highest BCUT2D eigenvalue weighted by Crippen LogP contribution is 2.24. The van der Waals surface area contributed by atoms with Crippen LogP contribution in [0.4, 0.5) is 10.1 Å². The quantitative estimate of drug-likeness (QED) is 0.224. The van der Waals surface area contributed by atoms with Crippen LogP contribution in [0.3, 0.4) is 0 Å². The minimum atomic E-state index is -0.493. The van der Waals surface area contributed by atoms with Gasteiger partial charge in [0.2, 0.25) is 0 Å². The number of amides is 1. The molecule has 3 rings (SSSR count). The fourth-order valence-corrected chi connectivity index (χ4v) is 3.37. The highest BCUT2D eigenvalue weighted by atomic mass is 79.9. The Morgan fingerprint density at radius 1 is 1.16 bits per heavy atom. The second-order valence-electron chi connectivity index (χ2n) is 6.91. The van der Waals surface area contributed by atoms with Crippen molar-refractivity contribution in [3.63, 3.8) is 0 Å². The van der Waals surface area contributed by atoms with Gasteiger partial charge in [-0.1, -0.05) is 46.3 Å². The largest absolute Gasteiger partial charge is 0.489 e. The molecule has 0 atom stereocenters. The lowest BCUT2D eigenvalue weighted by Crippen LogP contribution is -2.13. The minimum absolute atomic E-state index is 0.0190. The maximum Gasteiger partial charge on any atom is 0.266 e. The lowest BCUT2D eigenvalue weighted by atomic mass is 10.0. The fraction of sp³-hybridized carbons (Fsp3) is 0.0769. The number of nitriles is 1. The molecule has 1 N–H and O–H groups in total. The Morgan fingerprint density at radius 3 is 2.62 bits per heavy atom. The molecule has 0 aliphatic rings. The maximum absolute atomic E-state index is 13.1. The third-order valence-corrected chi connectivity index (χ3v) is 5.01. The van der Waals surface area contributed by atoms with Gasteiger partial charge in [0.25, 0.3) is 5.91 Å². The second-order valence-corrected chi connectivity index (χ2v) is 7.83. The lowest BCUT2D eigenvalue weighted by Gasteiger charge is -2.12. The normalized spacial score (nSPS) is 10.8. The molecule has 0 heterocycles. The molecular weight excluding hydrogens is 471 g/mol. The van der Waals surface area contributed by atoms with Crippen LogP contribution in [0.25, 0.3) is 6.08 Å². The molecule has 0 saturated carbocycles. The topological polar surface area (TPSA) is 62.1 Å². The van der Waals surface area contributed by atoms with Crippen molar-refractivity contribution in [2.75, 3.05) is 5.32 Å². The van der Waals surface area contributed by atoms with Gasteiger partial charge in [-0.15, -0.1) is 6.58 Å². The molecule has 0 aliphatic heterocycles. The van der Waals surface area contributed by atoms with E-state index in [-0.39, 0.29) is 18.0 Å². The average Bonchev–Trinajstić information content (AvgIpc) is 2.78. The van der Waals surface area contributed by atoms with Gasteiger partial charge in [-0.2, -0.15) is 5.26 Å². The van der Waals surface area contributed by atoms with Gasteiger partial charge in [-0.3, -0.25) is 4.79 Å². The minimum Gasteiger partial charge on any atom is -0.489 e. The summed E-state index contributed by atoms with van der Waals surface area (Å²) in [6.07, 6.45) is 3.83. The van der Waals surface area contributed by atoms with Gasteiger partial charge in [0.05, 0.1) is 0 Å². The Hall–Kier alpha value is -3.69. The number of hydrogen-bond donors (Lipinski definition) is 1. The number of anilines is 1. The molecule has 0 saturated heterocycles. The van der Waals surface area contributed by atoms with Crippen LogP contribution < -0.4 is 10.1 Å². The molecule has 32 heavy (non-hydrogen) atoms. The van der Waals surface area contributed by atoms with Crippen LogP contribution in [0.15, 0.2) is 89.4 Å². The molecule has 0 aliphatic carbocycles. The number of halogens is 2. The maximum atomic E-state index is 13.1.